The van der Waals surface area contributed by atoms with Crippen LogP contribution in [0.3, 0.4) is 0 Å². The lowest BCUT2D eigenvalue weighted by atomic mass is 10.0. The summed E-state index contributed by atoms with van der Waals surface area (Å²) in [5, 5.41) is 7.31. The summed E-state index contributed by atoms with van der Waals surface area (Å²) in [5.41, 5.74) is 3.37. The monoisotopic (exact) mass is 399 g/mol. The Morgan fingerprint density at radius 2 is 1.81 bits per heavy atom. The van der Waals surface area contributed by atoms with Gasteiger partial charge in [-0.2, -0.15) is 0 Å². The fraction of sp³-hybridized carbons (Fsp3) is 0.238. The number of rotatable bonds is 7. The molecule has 0 aliphatic rings. The highest BCUT2D eigenvalue weighted by molar-refractivity contribution is 7.15. The lowest BCUT2D eigenvalue weighted by molar-refractivity contribution is -0.114. The second-order valence-electron chi connectivity index (χ2n) is 6.61. The van der Waals surface area contributed by atoms with E-state index in [9.17, 15) is 4.79 Å². The highest BCUT2D eigenvalue weighted by atomic mass is 35.5. The molecule has 0 bridgehead atoms. The molecular weight excluding hydrogens is 378 g/mol. The average Bonchev–Trinajstić information content (AvgIpc) is 3.09. The van der Waals surface area contributed by atoms with E-state index in [0.717, 1.165) is 27.6 Å². The van der Waals surface area contributed by atoms with Gasteiger partial charge in [0.1, 0.15) is 0 Å². The molecule has 0 aliphatic carbocycles. The number of carbonyl (C=O) groups is 1. The van der Waals surface area contributed by atoms with Gasteiger partial charge in [-0.1, -0.05) is 49.7 Å². The predicted octanol–water partition coefficient (Wildman–Crippen LogP) is 5.56. The molecule has 0 unspecified atom stereocenters. The van der Waals surface area contributed by atoms with Crippen LogP contribution < -0.4 is 10.6 Å². The van der Waals surface area contributed by atoms with Crippen LogP contribution >= 0.6 is 22.9 Å². The third-order valence-corrected chi connectivity index (χ3v) is 5.29. The summed E-state index contributed by atoms with van der Waals surface area (Å²) in [5.74, 6) is 0.379. The zero-order valence-corrected chi connectivity index (χ0v) is 16.9. The number of hydrogen-bond donors (Lipinski definition) is 2. The van der Waals surface area contributed by atoms with Crippen molar-refractivity contribution in [1.29, 1.82) is 0 Å². The molecular formula is C21H22ClN3OS. The van der Waals surface area contributed by atoms with E-state index in [1.807, 2.05) is 36.4 Å². The third-order valence-electron chi connectivity index (χ3n) is 4.12. The van der Waals surface area contributed by atoms with Gasteiger partial charge in [0.2, 0.25) is 5.91 Å². The summed E-state index contributed by atoms with van der Waals surface area (Å²) in [6.45, 7) is 4.52. The first-order valence-corrected chi connectivity index (χ1v) is 10.0. The zero-order valence-electron chi connectivity index (χ0n) is 15.3. The number of halogens is 1. The summed E-state index contributed by atoms with van der Waals surface area (Å²) >= 11 is 7.39. The number of nitrogens with zero attached hydrogens (tertiary/aromatic N) is 1. The molecule has 0 aliphatic heterocycles. The minimum atomic E-state index is -0.115. The van der Waals surface area contributed by atoms with Gasteiger partial charge < -0.3 is 10.6 Å². The van der Waals surface area contributed by atoms with Crippen molar-refractivity contribution in [2.45, 2.75) is 26.2 Å². The van der Waals surface area contributed by atoms with Crippen molar-refractivity contribution in [1.82, 2.24) is 4.98 Å². The van der Waals surface area contributed by atoms with Gasteiger partial charge in [-0.25, -0.2) is 4.98 Å². The molecule has 3 rings (SSSR count). The molecule has 4 nitrogen and oxygen atoms in total. The van der Waals surface area contributed by atoms with E-state index in [-0.39, 0.29) is 12.5 Å². The second kappa shape index (κ2) is 9.02. The Hall–Kier alpha value is -2.37. The zero-order chi connectivity index (χ0) is 19.2. The number of benzene rings is 2. The minimum absolute atomic E-state index is 0.115. The van der Waals surface area contributed by atoms with Crippen LogP contribution in [0.4, 0.5) is 10.8 Å². The lowest BCUT2D eigenvalue weighted by Crippen LogP contribution is -2.21. The first-order valence-electron chi connectivity index (χ1n) is 8.82. The van der Waals surface area contributed by atoms with Crippen LogP contribution in [0, 0.1) is 0 Å². The smallest absolute Gasteiger partial charge is 0.245 e. The number of thiazole rings is 1. The molecule has 2 aromatic carbocycles. The molecule has 0 atom stereocenters. The van der Waals surface area contributed by atoms with Gasteiger partial charge in [-0.05, 0) is 41.3 Å². The normalized spacial score (nSPS) is 10.8. The first-order chi connectivity index (χ1) is 13.0. The maximum absolute atomic E-state index is 12.1. The van der Waals surface area contributed by atoms with Crippen LogP contribution in [0.1, 0.15) is 35.8 Å². The predicted molar refractivity (Wildman–Crippen MR) is 114 cm³/mol. The van der Waals surface area contributed by atoms with Crippen LogP contribution in [0.15, 0.2) is 54.7 Å². The quantitative estimate of drug-likeness (QED) is 0.546. The average molecular weight is 400 g/mol. The third kappa shape index (κ3) is 5.81. The molecule has 6 heteroatoms. The summed E-state index contributed by atoms with van der Waals surface area (Å²) in [7, 11) is 0. The van der Waals surface area contributed by atoms with Gasteiger partial charge in [0, 0.05) is 28.2 Å². The first kappa shape index (κ1) is 19.4. The molecule has 0 fully saturated rings. The molecule has 0 saturated heterocycles. The lowest BCUT2D eigenvalue weighted by Gasteiger charge is -2.09. The molecule has 1 amide bonds. The van der Waals surface area contributed by atoms with E-state index in [1.54, 1.807) is 6.20 Å². The van der Waals surface area contributed by atoms with E-state index in [0.29, 0.717) is 11.0 Å². The van der Waals surface area contributed by atoms with Crippen molar-refractivity contribution < 1.29 is 4.79 Å². The molecule has 3 aromatic rings. The molecule has 0 radical (unpaired) electrons. The Bertz CT molecular complexity index is 889. The second-order valence-corrected chi connectivity index (χ2v) is 8.17. The number of hydrogen-bond acceptors (Lipinski definition) is 4. The minimum Gasteiger partial charge on any atom is -0.376 e. The van der Waals surface area contributed by atoms with Gasteiger partial charge in [-0.15, -0.1) is 11.3 Å². The standard InChI is InChI=1S/C21H22ClN3OS/c1-14(2)16-5-9-18(10-6-16)23-13-20(26)25-21-24-12-19(27-21)11-15-3-7-17(22)8-4-15/h3-10,12,14,23H,11,13H2,1-2H3,(H,24,25,26). The Kier molecular flexibility index (Phi) is 6.48. The highest BCUT2D eigenvalue weighted by Crippen LogP contribution is 2.22. The van der Waals surface area contributed by atoms with Crippen molar-refractivity contribution in [3.63, 3.8) is 0 Å². The Balaban J connectivity index is 1.49. The van der Waals surface area contributed by atoms with Gasteiger partial charge in [-0.3, -0.25) is 4.79 Å². The van der Waals surface area contributed by atoms with E-state index < -0.39 is 0 Å². The molecule has 1 heterocycles. The van der Waals surface area contributed by atoms with E-state index in [1.165, 1.54) is 16.9 Å². The van der Waals surface area contributed by atoms with Crippen molar-refractivity contribution in [2.24, 2.45) is 0 Å². The summed E-state index contributed by atoms with van der Waals surface area (Å²) in [6.07, 6.45) is 2.57. The number of nitrogens with one attached hydrogen (secondary N) is 2. The van der Waals surface area contributed by atoms with Gasteiger partial charge in [0.25, 0.3) is 0 Å². The van der Waals surface area contributed by atoms with Crippen LogP contribution in [0.5, 0.6) is 0 Å². The Morgan fingerprint density at radius 3 is 2.48 bits per heavy atom. The van der Waals surface area contributed by atoms with Gasteiger partial charge in [0.15, 0.2) is 5.13 Å². The molecule has 140 valence electrons. The molecule has 0 saturated carbocycles. The SMILES string of the molecule is CC(C)c1ccc(NCC(=O)Nc2ncc(Cc3ccc(Cl)cc3)s2)cc1. The van der Waals surface area contributed by atoms with Crippen LogP contribution in [0.2, 0.25) is 5.02 Å². The van der Waals surface area contributed by atoms with E-state index in [4.69, 9.17) is 11.6 Å². The van der Waals surface area contributed by atoms with Crippen molar-refractivity contribution in [3.05, 3.63) is 75.8 Å². The van der Waals surface area contributed by atoms with E-state index >= 15 is 0 Å². The number of amides is 1. The Morgan fingerprint density at radius 1 is 1.11 bits per heavy atom. The van der Waals surface area contributed by atoms with Crippen molar-refractivity contribution >= 4 is 39.7 Å². The molecule has 1 aromatic heterocycles. The van der Waals surface area contributed by atoms with Crippen molar-refractivity contribution in [2.75, 3.05) is 17.2 Å². The summed E-state index contributed by atoms with van der Waals surface area (Å²) < 4.78 is 0. The fourth-order valence-electron chi connectivity index (χ4n) is 2.58. The molecule has 27 heavy (non-hydrogen) atoms. The maximum atomic E-state index is 12.1. The van der Waals surface area contributed by atoms with Gasteiger partial charge >= 0.3 is 0 Å². The highest BCUT2D eigenvalue weighted by Gasteiger charge is 2.08. The van der Waals surface area contributed by atoms with E-state index in [2.05, 4.69) is 41.6 Å². The largest absolute Gasteiger partial charge is 0.376 e. The van der Waals surface area contributed by atoms with Gasteiger partial charge in [0.05, 0.1) is 6.54 Å². The molecule has 0 spiro atoms. The maximum Gasteiger partial charge on any atom is 0.245 e. The summed E-state index contributed by atoms with van der Waals surface area (Å²) in [6, 6.07) is 15.9. The number of carbonyl (C=O) groups excluding carboxylic acids is 1. The number of anilines is 2. The van der Waals surface area contributed by atoms with Crippen LogP contribution in [-0.2, 0) is 11.2 Å². The Labute approximate surface area is 168 Å². The van der Waals surface area contributed by atoms with Crippen LogP contribution in [-0.4, -0.2) is 17.4 Å². The molecule has 2 N–H and O–H groups in total. The van der Waals surface area contributed by atoms with Crippen LogP contribution in [0.25, 0.3) is 0 Å². The topological polar surface area (TPSA) is 54.0 Å². The van der Waals surface area contributed by atoms with Crippen molar-refractivity contribution in [3.8, 4) is 0 Å². The number of aromatic nitrogens is 1. The fourth-order valence-corrected chi connectivity index (χ4v) is 3.57. The summed E-state index contributed by atoms with van der Waals surface area (Å²) in [4.78, 5) is 17.5.